The van der Waals surface area contributed by atoms with Gasteiger partial charge in [-0.05, 0) is 24.6 Å². The number of hydrogen-bond acceptors (Lipinski definition) is 2. The number of amides is 1. The van der Waals surface area contributed by atoms with Crippen molar-refractivity contribution < 1.29 is 4.79 Å². The van der Waals surface area contributed by atoms with E-state index in [-0.39, 0.29) is 5.91 Å². The molecule has 0 unspecified atom stereocenters. The Labute approximate surface area is 96.7 Å². The third-order valence-corrected chi connectivity index (χ3v) is 3.10. The number of anilines is 1. The van der Waals surface area contributed by atoms with Gasteiger partial charge in [-0.3, -0.25) is 4.79 Å². The minimum atomic E-state index is 0.177. The second-order valence-corrected chi connectivity index (χ2v) is 4.17. The van der Waals surface area contributed by atoms with E-state index in [1.807, 2.05) is 17.0 Å². The summed E-state index contributed by atoms with van der Waals surface area (Å²) in [5.74, 6) is 0.177. The van der Waals surface area contributed by atoms with Gasteiger partial charge in [-0.15, -0.1) is 0 Å². The fraction of sp³-hybridized carbons (Fsp3) is 0.462. The van der Waals surface area contributed by atoms with Crippen LogP contribution in [0.5, 0.6) is 0 Å². The summed E-state index contributed by atoms with van der Waals surface area (Å²) in [7, 11) is 0. The highest BCUT2D eigenvalue weighted by Gasteiger charge is 2.19. The summed E-state index contributed by atoms with van der Waals surface area (Å²) in [5, 5.41) is 0. The summed E-state index contributed by atoms with van der Waals surface area (Å²) in [5.41, 5.74) is 2.42. The summed E-state index contributed by atoms with van der Waals surface area (Å²) in [4.78, 5) is 15.4. The maximum absolute atomic E-state index is 11.2. The molecule has 0 aliphatic carbocycles. The van der Waals surface area contributed by atoms with Gasteiger partial charge in [0.2, 0.25) is 5.91 Å². The molecule has 0 spiro atoms. The second kappa shape index (κ2) is 4.56. The van der Waals surface area contributed by atoms with Gasteiger partial charge in [0.1, 0.15) is 0 Å². The van der Waals surface area contributed by atoms with Crippen molar-refractivity contribution in [1.29, 1.82) is 0 Å². The topological polar surface area (TPSA) is 23.6 Å². The van der Waals surface area contributed by atoms with Crippen molar-refractivity contribution in [2.45, 2.75) is 13.8 Å². The Kier molecular flexibility index (Phi) is 3.13. The van der Waals surface area contributed by atoms with Gasteiger partial charge in [-0.1, -0.05) is 12.1 Å². The van der Waals surface area contributed by atoms with Crippen molar-refractivity contribution in [2.24, 2.45) is 0 Å². The monoisotopic (exact) mass is 217 g/mol. The van der Waals surface area contributed by atoms with Crippen molar-refractivity contribution in [3.63, 3.8) is 0 Å². The first kappa shape index (κ1) is 11.0. The Hall–Kier alpha value is -1.51. The Balaban J connectivity index is 2.05. The van der Waals surface area contributed by atoms with Gasteiger partial charge in [-0.25, -0.2) is 0 Å². The molecule has 1 aromatic rings. The Morgan fingerprint density at radius 1 is 1.31 bits per heavy atom. The molecular weight excluding hydrogens is 200 g/mol. The molecule has 1 radical (unpaired) electrons. The lowest BCUT2D eigenvalue weighted by Crippen LogP contribution is -2.48. The van der Waals surface area contributed by atoms with Crippen LogP contribution in [0, 0.1) is 13.0 Å². The first-order valence-electron chi connectivity index (χ1n) is 5.66. The molecule has 85 valence electrons. The summed E-state index contributed by atoms with van der Waals surface area (Å²) in [6.45, 7) is 7.19. The van der Waals surface area contributed by atoms with Crippen LogP contribution in [0.15, 0.2) is 18.2 Å². The van der Waals surface area contributed by atoms with Crippen LogP contribution in [-0.2, 0) is 4.79 Å². The molecule has 1 amide bonds. The lowest BCUT2D eigenvalue weighted by Gasteiger charge is -2.36. The van der Waals surface area contributed by atoms with Crippen LogP contribution in [0.1, 0.15) is 12.5 Å². The number of carbonyl (C=O) groups is 1. The molecule has 16 heavy (non-hydrogen) atoms. The Bertz CT molecular complexity index is 381. The summed E-state index contributed by atoms with van der Waals surface area (Å²) in [6.07, 6.45) is 0. The summed E-state index contributed by atoms with van der Waals surface area (Å²) in [6, 6.07) is 9.28. The van der Waals surface area contributed by atoms with Crippen LogP contribution in [0.2, 0.25) is 0 Å². The van der Waals surface area contributed by atoms with E-state index in [0.717, 1.165) is 26.2 Å². The largest absolute Gasteiger partial charge is 0.368 e. The molecule has 1 fully saturated rings. The molecule has 0 saturated carbocycles. The summed E-state index contributed by atoms with van der Waals surface area (Å²) < 4.78 is 0. The number of nitrogens with zero attached hydrogens (tertiary/aromatic N) is 2. The normalized spacial score (nSPS) is 16.4. The zero-order chi connectivity index (χ0) is 11.5. The summed E-state index contributed by atoms with van der Waals surface area (Å²) >= 11 is 0. The van der Waals surface area contributed by atoms with Crippen LogP contribution in [0.4, 0.5) is 5.69 Å². The molecular formula is C13H17N2O. The SMILES string of the molecule is CC(=O)N1CCN(c2ccc[c]c2C)CC1. The standard InChI is InChI=1S/C13H17N2O/c1-11-5-3-4-6-13(11)15-9-7-14(8-10-15)12(2)16/h3-4,6H,7-10H2,1-2H3. The van der Waals surface area contributed by atoms with Gasteiger partial charge in [0, 0.05) is 38.8 Å². The van der Waals surface area contributed by atoms with E-state index in [1.54, 1.807) is 6.92 Å². The zero-order valence-electron chi connectivity index (χ0n) is 9.86. The van der Waals surface area contributed by atoms with Crippen LogP contribution in [0.3, 0.4) is 0 Å². The highest BCUT2D eigenvalue weighted by Crippen LogP contribution is 2.20. The Morgan fingerprint density at radius 2 is 2.00 bits per heavy atom. The fourth-order valence-corrected chi connectivity index (χ4v) is 2.12. The second-order valence-electron chi connectivity index (χ2n) is 4.17. The van der Waals surface area contributed by atoms with Crippen LogP contribution >= 0.6 is 0 Å². The van der Waals surface area contributed by atoms with Gasteiger partial charge >= 0.3 is 0 Å². The van der Waals surface area contributed by atoms with Crippen LogP contribution in [0.25, 0.3) is 0 Å². The lowest BCUT2D eigenvalue weighted by atomic mass is 10.1. The van der Waals surface area contributed by atoms with E-state index in [1.165, 1.54) is 11.3 Å². The highest BCUT2D eigenvalue weighted by molar-refractivity contribution is 5.73. The van der Waals surface area contributed by atoms with E-state index in [0.29, 0.717) is 0 Å². The first-order chi connectivity index (χ1) is 7.68. The van der Waals surface area contributed by atoms with Crippen LogP contribution in [-0.4, -0.2) is 37.0 Å². The number of hydrogen-bond donors (Lipinski definition) is 0. The van der Waals surface area contributed by atoms with E-state index in [2.05, 4.69) is 24.0 Å². The third-order valence-electron chi connectivity index (χ3n) is 3.10. The van der Waals surface area contributed by atoms with Crippen molar-refractivity contribution >= 4 is 11.6 Å². The molecule has 2 rings (SSSR count). The maximum atomic E-state index is 11.2. The van der Waals surface area contributed by atoms with Gasteiger partial charge in [0.15, 0.2) is 0 Å². The van der Waals surface area contributed by atoms with Crippen molar-refractivity contribution in [2.75, 3.05) is 31.1 Å². The number of benzene rings is 1. The predicted octanol–water partition coefficient (Wildman–Crippen LogP) is 1.46. The molecule has 1 aromatic carbocycles. The molecule has 3 heteroatoms. The maximum Gasteiger partial charge on any atom is 0.219 e. The van der Waals surface area contributed by atoms with Gasteiger partial charge in [-0.2, -0.15) is 0 Å². The molecule has 1 aliphatic heterocycles. The molecule has 0 atom stereocenters. The number of aryl methyl sites for hydroxylation is 1. The number of carbonyl (C=O) groups excluding carboxylic acids is 1. The van der Waals surface area contributed by atoms with Crippen molar-refractivity contribution in [1.82, 2.24) is 4.90 Å². The molecule has 0 bridgehead atoms. The average molecular weight is 217 g/mol. The molecule has 1 saturated heterocycles. The molecule has 1 aliphatic rings. The van der Waals surface area contributed by atoms with E-state index in [9.17, 15) is 4.79 Å². The van der Waals surface area contributed by atoms with E-state index in [4.69, 9.17) is 0 Å². The number of rotatable bonds is 1. The quantitative estimate of drug-likeness (QED) is 0.711. The van der Waals surface area contributed by atoms with Crippen LogP contribution < -0.4 is 4.90 Å². The van der Waals surface area contributed by atoms with Gasteiger partial charge < -0.3 is 9.80 Å². The zero-order valence-corrected chi connectivity index (χ0v) is 9.86. The first-order valence-corrected chi connectivity index (χ1v) is 5.66. The number of piperazine rings is 1. The molecule has 0 N–H and O–H groups in total. The van der Waals surface area contributed by atoms with Gasteiger partial charge in [0.25, 0.3) is 0 Å². The average Bonchev–Trinajstić information content (AvgIpc) is 2.30. The lowest BCUT2D eigenvalue weighted by molar-refractivity contribution is -0.129. The molecule has 1 heterocycles. The smallest absolute Gasteiger partial charge is 0.219 e. The third kappa shape index (κ3) is 2.18. The minimum absolute atomic E-state index is 0.177. The van der Waals surface area contributed by atoms with E-state index >= 15 is 0 Å². The highest BCUT2D eigenvalue weighted by atomic mass is 16.2. The predicted molar refractivity (Wildman–Crippen MR) is 64.5 cm³/mol. The van der Waals surface area contributed by atoms with E-state index < -0.39 is 0 Å². The minimum Gasteiger partial charge on any atom is -0.368 e. The fourth-order valence-electron chi connectivity index (χ4n) is 2.12. The molecule has 0 aromatic heterocycles. The Morgan fingerprint density at radius 3 is 2.56 bits per heavy atom. The molecule has 3 nitrogen and oxygen atoms in total. The van der Waals surface area contributed by atoms with Crippen molar-refractivity contribution in [3.8, 4) is 0 Å². The van der Waals surface area contributed by atoms with Crippen molar-refractivity contribution in [3.05, 3.63) is 29.8 Å². The van der Waals surface area contributed by atoms with Gasteiger partial charge in [0.05, 0.1) is 0 Å².